The van der Waals surface area contributed by atoms with Gasteiger partial charge in [-0.15, -0.1) is 0 Å². The molecule has 5 rings (SSSR count). The van der Waals surface area contributed by atoms with Crippen molar-refractivity contribution in [3.05, 3.63) is 60.2 Å². The summed E-state index contributed by atoms with van der Waals surface area (Å²) in [5.41, 5.74) is -0.0615. The van der Waals surface area contributed by atoms with Crippen molar-refractivity contribution in [2.75, 3.05) is 18.0 Å². The van der Waals surface area contributed by atoms with E-state index in [1.165, 1.54) is 18.2 Å². The molecule has 3 heterocycles. The minimum atomic E-state index is -4.49. The molecule has 1 saturated heterocycles. The van der Waals surface area contributed by atoms with Crippen LogP contribution in [0.2, 0.25) is 0 Å². The van der Waals surface area contributed by atoms with E-state index in [1.54, 1.807) is 25.4 Å². The van der Waals surface area contributed by atoms with Gasteiger partial charge < -0.3 is 15.0 Å². The van der Waals surface area contributed by atoms with E-state index in [2.05, 4.69) is 19.9 Å². The van der Waals surface area contributed by atoms with Crippen molar-refractivity contribution in [2.24, 2.45) is 5.41 Å². The highest BCUT2D eigenvalue weighted by molar-refractivity contribution is 5.81. The third-order valence-corrected chi connectivity index (χ3v) is 6.50. The lowest BCUT2D eigenvalue weighted by Crippen LogP contribution is -2.46. The number of imidazole rings is 1. The molecule has 0 amide bonds. The topological polar surface area (TPSA) is 95.0 Å². The number of aliphatic carboxylic acids is 1. The quantitative estimate of drug-likeness (QED) is 0.358. The van der Waals surface area contributed by atoms with Crippen LogP contribution in [0, 0.1) is 11.2 Å². The molecule has 2 aromatic heterocycles. The van der Waals surface area contributed by atoms with E-state index in [1.807, 2.05) is 4.90 Å². The van der Waals surface area contributed by atoms with Crippen molar-refractivity contribution in [1.29, 1.82) is 0 Å². The smallest absolute Gasteiger partial charge is 0.416 e. The third-order valence-electron chi connectivity index (χ3n) is 6.50. The number of hydrogen-bond donors (Lipinski definition) is 2. The van der Waals surface area contributed by atoms with Crippen LogP contribution in [0.25, 0.3) is 33.5 Å². The van der Waals surface area contributed by atoms with Crippen molar-refractivity contribution >= 4 is 23.0 Å². The number of nitrogens with zero attached hydrogens (tertiary/aromatic N) is 4. The van der Waals surface area contributed by atoms with E-state index in [9.17, 15) is 23.1 Å². The number of fused-ring (bicyclic) bond motifs is 1. The number of hydrogen-bond acceptors (Lipinski definition) is 5. The zero-order chi connectivity index (χ0) is 25.7. The minimum Gasteiger partial charge on any atom is -0.481 e. The summed E-state index contributed by atoms with van der Waals surface area (Å²) in [7, 11) is 0. The summed E-state index contributed by atoms with van der Waals surface area (Å²) in [6.07, 6.45) is -0.113. The number of carboxylic acid groups (broad SMARTS) is 1. The Morgan fingerprint density at radius 2 is 1.86 bits per heavy atom. The maximum atomic E-state index is 15.0. The van der Waals surface area contributed by atoms with Crippen LogP contribution in [0.5, 0.6) is 0 Å². The molecule has 186 valence electrons. The molecule has 1 atom stereocenters. The summed E-state index contributed by atoms with van der Waals surface area (Å²) >= 11 is 0. The van der Waals surface area contributed by atoms with Gasteiger partial charge in [0.2, 0.25) is 5.95 Å². The van der Waals surface area contributed by atoms with Crippen molar-refractivity contribution < 1.29 is 27.5 Å². The minimum absolute atomic E-state index is 0.113. The molecule has 2 N–H and O–H groups in total. The molecular formula is C25H21F4N5O2. The predicted molar refractivity (Wildman–Crippen MR) is 125 cm³/mol. The lowest BCUT2D eigenvalue weighted by molar-refractivity contribution is -0.148. The van der Waals surface area contributed by atoms with E-state index in [-0.39, 0.29) is 16.9 Å². The molecule has 36 heavy (non-hydrogen) atoms. The molecule has 0 aliphatic carbocycles. The number of nitrogens with one attached hydrogen (secondary N) is 1. The summed E-state index contributed by atoms with van der Waals surface area (Å²) < 4.78 is 53.9. The first-order chi connectivity index (χ1) is 17.0. The zero-order valence-electron chi connectivity index (χ0n) is 19.1. The number of carbonyl (C=O) groups is 1. The molecule has 1 unspecified atom stereocenters. The Balaban J connectivity index is 1.38. The number of alkyl halides is 3. The van der Waals surface area contributed by atoms with Crippen molar-refractivity contribution in [1.82, 2.24) is 19.9 Å². The van der Waals surface area contributed by atoms with Crippen LogP contribution in [0.4, 0.5) is 23.5 Å². The van der Waals surface area contributed by atoms with Gasteiger partial charge >= 0.3 is 12.1 Å². The number of carboxylic acids is 1. The van der Waals surface area contributed by atoms with Gasteiger partial charge in [0, 0.05) is 31.0 Å². The summed E-state index contributed by atoms with van der Waals surface area (Å²) in [4.78, 5) is 29.1. The second kappa shape index (κ2) is 8.58. The van der Waals surface area contributed by atoms with Crippen LogP contribution in [0.1, 0.15) is 25.3 Å². The van der Waals surface area contributed by atoms with Gasteiger partial charge in [-0.3, -0.25) is 4.79 Å². The van der Waals surface area contributed by atoms with Crippen LogP contribution in [0.15, 0.2) is 48.8 Å². The molecule has 0 radical (unpaired) electrons. The molecule has 11 heteroatoms. The normalized spacial score (nSPS) is 18.5. The van der Waals surface area contributed by atoms with Crippen LogP contribution in [0.3, 0.4) is 0 Å². The molecular weight excluding hydrogens is 478 g/mol. The van der Waals surface area contributed by atoms with E-state index in [0.717, 1.165) is 12.1 Å². The van der Waals surface area contributed by atoms with Gasteiger partial charge in [0.15, 0.2) is 0 Å². The van der Waals surface area contributed by atoms with Crippen LogP contribution in [-0.4, -0.2) is 44.1 Å². The summed E-state index contributed by atoms with van der Waals surface area (Å²) in [6, 6.07) is 7.53. The maximum Gasteiger partial charge on any atom is 0.416 e. The number of piperidine rings is 1. The Bertz CT molecular complexity index is 1450. The Morgan fingerprint density at radius 3 is 2.53 bits per heavy atom. The zero-order valence-corrected chi connectivity index (χ0v) is 19.1. The molecule has 0 bridgehead atoms. The first-order valence-corrected chi connectivity index (χ1v) is 11.2. The van der Waals surface area contributed by atoms with Gasteiger partial charge in [0.05, 0.1) is 27.6 Å². The Labute approximate surface area is 202 Å². The Hall–Kier alpha value is -4.02. The van der Waals surface area contributed by atoms with Gasteiger partial charge in [-0.05, 0) is 55.7 Å². The number of benzene rings is 2. The fraction of sp³-hybridized carbons (Fsp3) is 0.280. The largest absolute Gasteiger partial charge is 0.481 e. The van der Waals surface area contributed by atoms with Crippen LogP contribution in [-0.2, 0) is 11.0 Å². The Kier molecular flexibility index (Phi) is 5.65. The lowest BCUT2D eigenvalue weighted by atomic mass is 9.82. The highest BCUT2D eigenvalue weighted by atomic mass is 19.4. The second-order valence-corrected chi connectivity index (χ2v) is 9.17. The average molecular weight is 499 g/mol. The van der Waals surface area contributed by atoms with Gasteiger partial charge in [-0.2, -0.15) is 13.2 Å². The number of aromatic nitrogens is 4. The monoisotopic (exact) mass is 499 g/mol. The Morgan fingerprint density at radius 1 is 1.11 bits per heavy atom. The van der Waals surface area contributed by atoms with Gasteiger partial charge in [-0.25, -0.2) is 19.3 Å². The summed E-state index contributed by atoms with van der Waals surface area (Å²) in [6.45, 7) is 2.65. The average Bonchev–Trinajstić information content (AvgIpc) is 3.26. The van der Waals surface area contributed by atoms with E-state index in [0.29, 0.717) is 48.5 Å². The highest BCUT2D eigenvalue weighted by Crippen LogP contribution is 2.34. The molecule has 1 aliphatic rings. The fourth-order valence-electron chi connectivity index (χ4n) is 4.42. The number of H-pyrrole nitrogens is 1. The predicted octanol–water partition coefficient (Wildman–Crippen LogP) is 5.54. The highest BCUT2D eigenvalue weighted by Gasteiger charge is 2.38. The molecule has 7 nitrogen and oxygen atoms in total. The molecule has 4 aromatic rings. The number of halogens is 4. The van der Waals surface area contributed by atoms with E-state index < -0.39 is 28.9 Å². The number of aromatic amines is 1. The number of rotatable bonds is 4. The molecule has 0 saturated carbocycles. The molecule has 0 spiro atoms. The first kappa shape index (κ1) is 23.7. The molecule has 2 aromatic carbocycles. The molecule has 1 fully saturated rings. The van der Waals surface area contributed by atoms with E-state index >= 15 is 4.39 Å². The molecule has 1 aliphatic heterocycles. The van der Waals surface area contributed by atoms with Crippen molar-refractivity contribution in [3.8, 4) is 22.5 Å². The van der Waals surface area contributed by atoms with Gasteiger partial charge in [0.25, 0.3) is 0 Å². The van der Waals surface area contributed by atoms with Crippen LogP contribution >= 0.6 is 0 Å². The lowest BCUT2D eigenvalue weighted by Gasteiger charge is -2.37. The van der Waals surface area contributed by atoms with Crippen molar-refractivity contribution in [2.45, 2.75) is 25.9 Å². The summed E-state index contributed by atoms with van der Waals surface area (Å²) in [5, 5.41) is 9.52. The van der Waals surface area contributed by atoms with E-state index in [4.69, 9.17) is 0 Å². The SMILES string of the molecule is CC1(C(=O)O)CCCN(c2ncc(-c3ccc(-c4nc5ccc(C(F)(F)F)cc5[nH]4)c(F)c3)cn2)C1. The van der Waals surface area contributed by atoms with Gasteiger partial charge in [0.1, 0.15) is 11.6 Å². The second-order valence-electron chi connectivity index (χ2n) is 9.17. The number of anilines is 1. The third kappa shape index (κ3) is 4.36. The standard InChI is InChI=1S/C25H21F4N5O2/c1-24(22(35)36)7-2-8-34(13-24)23-30-11-15(12-31-23)14-3-5-17(18(26)9-14)21-32-19-6-4-16(25(27,28)29)10-20(19)33-21/h3-6,9-12H,2,7-8,13H2,1H3,(H,32,33)(H,35,36). The van der Waals surface area contributed by atoms with Crippen LogP contribution < -0.4 is 4.90 Å². The van der Waals surface area contributed by atoms with Crippen molar-refractivity contribution in [3.63, 3.8) is 0 Å². The fourth-order valence-corrected chi connectivity index (χ4v) is 4.42. The first-order valence-electron chi connectivity index (χ1n) is 11.2. The van der Waals surface area contributed by atoms with Gasteiger partial charge in [-0.1, -0.05) is 6.07 Å². The maximum absolute atomic E-state index is 15.0. The summed E-state index contributed by atoms with van der Waals surface area (Å²) in [5.74, 6) is -0.945.